The van der Waals surface area contributed by atoms with Crippen LogP contribution in [0.3, 0.4) is 0 Å². The van der Waals surface area contributed by atoms with E-state index in [-0.39, 0.29) is 23.0 Å². The fraction of sp³-hybridized carbons (Fsp3) is 0.100. The van der Waals surface area contributed by atoms with Crippen molar-refractivity contribution in [2.75, 3.05) is 12.3 Å². The van der Waals surface area contributed by atoms with Gasteiger partial charge in [-0.05, 0) is 59.2 Å². The highest BCUT2D eigenvalue weighted by Crippen LogP contribution is 2.28. The first-order valence-corrected chi connectivity index (χ1v) is 9.43. The summed E-state index contributed by atoms with van der Waals surface area (Å²) in [5.74, 6) is -0.368. The van der Waals surface area contributed by atoms with Crippen LogP contribution < -0.4 is 15.9 Å². The van der Waals surface area contributed by atoms with Crippen LogP contribution in [0.2, 0.25) is 0 Å². The molecule has 2 aromatic heterocycles. The molecule has 0 spiro atoms. The number of nitrogens with one attached hydrogen (secondary N) is 1. The van der Waals surface area contributed by atoms with Crippen molar-refractivity contribution in [1.82, 2.24) is 30.7 Å². The summed E-state index contributed by atoms with van der Waals surface area (Å²) in [6.45, 7) is 2.39. The number of carbonyl (C=O) groups is 1. The number of nitrogens with zero attached hydrogens (tertiary/aromatic N) is 6. The van der Waals surface area contributed by atoms with Gasteiger partial charge in [0.2, 0.25) is 11.6 Å². The number of anilines is 1. The number of hydrazone groups is 1. The summed E-state index contributed by atoms with van der Waals surface area (Å²) in [6.07, 6.45) is 1.31. The van der Waals surface area contributed by atoms with Crippen LogP contribution in [0.5, 0.6) is 5.75 Å². The fourth-order valence-corrected chi connectivity index (χ4v) is 2.86. The monoisotopic (exact) mass is 436 g/mol. The largest absolute Gasteiger partial charge is 0.494 e. The maximum Gasteiger partial charge on any atom is 0.294 e. The summed E-state index contributed by atoms with van der Waals surface area (Å²) in [5, 5.41) is 19.1. The lowest BCUT2D eigenvalue weighted by molar-refractivity contribution is 0.0950. The molecule has 4 aromatic rings. The van der Waals surface area contributed by atoms with Crippen LogP contribution in [0.25, 0.3) is 17.1 Å². The van der Waals surface area contributed by atoms with E-state index in [0.717, 1.165) is 0 Å². The Morgan fingerprint density at radius 2 is 2.09 bits per heavy atom. The molecule has 0 bridgehead atoms. The van der Waals surface area contributed by atoms with Crippen LogP contribution in [-0.2, 0) is 0 Å². The average Bonchev–Trinajstić information content (AvgIpc) is 3.40. The van der Waals surface area contributed by atoms with E-state index in [4.69, 9.17) is 10.5 Å². The zero-order valence-electron chi connectivity index (χ0n) is 16.8. The second kappa shape index (κ2) is 9.04. The molecule has 11 nitrogen and oxygen atoms in total. The Balaban J connectivity index is 1.68. The van der Waals surface area contributed by atoms with Crippen LogP contribution in [0.4, 0.5) is 10.2 Å². The molecular formula is C20H17FN8O3. The summed E-state index contributed by atoms with van der Waals surface area (Å²) in [6, 6.07) is 12.7. The molecule has 3 N–H and O–H groups in total. The maximum absolute atomic E-state index is 13.3. The van der Waals surface area contributed by atoms with Crippen LogP contribution in [0.15, 0.2) is 58.3 Å². The van der Waals surface area contributed by atoms with E-state index < -0.39 is 11.7 Å². The summed E-state index contributed by atoms with van der Waals surface area (Å²) in [5.41, 5.74) is 9.45. The number of nitrogen functional groups attached to an aromatic ring is 1. The van der Waals surface area contributed by atoms with Crippen molar-refractivity contribution in [2.24, 2.45) is 5.10 Å². The van der Waals surface area contributed by atoms with Gasteiger partial charge in [0, 0.05) is 5.56 Å². The Bertz CT molecular complexity index is 1270. The zero-order valence-corrected chi connectivity index (χ0v) is 16.8. The number of nitrogens with two attached hydrogens (primary N) is 1. The number of carbonyl (C=O) groups excluding carboxylic acids is 1. The molecule has 0 aliphatic heterocycles. The Kier molecular flexibility index (Phi) is 5.83. The lowest BCUT2D eigenvalue weighted by Crippen LogP contribution is -2.19. The highest BCUT2D eigenvalue weighted by molar-refractivity contribution is 5.98. The highest BCUT2D eigenvalue weighted by atomic mass is 19.1. The first-order valence-electron chi connectivity index (χ1n) is 9.43. The van der Waals surface area contributed by atoms with E-state index in [1.54, 1.807) is 30.3 Å². The molecule has 2 heterocycles. The molecule has 12 heteroatoms. The number of aromatic nitrogens is 5. The van der Waals surface area contributed by atoms with Gasteiger partial charge in [-0.25, -0.2) is 14.4 Å². The van der Waals surface area contributed by atoms with Crippen molar-refractivity contribution >= 4 is 17.9 Å². The highest BCUT2D eigenvalue weighted by Gasteiger charge is 2.25. The second-order valence-corrected chi connectivity index (χ2v) is 6.38. The van der Waals surface area contributed by atoms with Gasteiger partial charge in [-0.2, -0.15) is 9.78 Å². The molecule has 0 atom stereocenters. The minimum Gasteiger partial charge on any atom is -0.494 e. The summed E-state index contributed by atoms with van der Waals surface area (Å²) >= 11 is 0. The minimum atomic E-state index is -0.650. The summed E-state index contributed by atoms with van der Waals surface area (Å²) in [7, 11) is 0. The third-order valence-electron chi connectivity index (χ3n) is 4.25. The number of rotatable bonds is 7. The predicted octanol–water partition coefficient (Wildman–Crippen LogP) is 2.20. The molecule has 0 fully saturated rings. The molecule has 4 rings (SSSR count). The van der Waals surface area contributed by atoms with Gasteiger partial charge in [0.1, 0.15) is 17.3 Å². The molecule has 162 valence electrons. The van der Waals surface area contributed by atoms with Crippen molar-refractivity contribution in [3.05, 3.63) is 65.6 Å². The number of ether oxygens (including phenoxy) is 1. The molecule has 1 amide bonds. The van der Waals surface area contributed by atoms with E-state index in [9.17, 15) is 9.18 Å². The van der Waals surface area contributed by atoms with Gasteiger partial charge < -0.3 is 10.5 Å². The molecular weight excluding hydrogens is 419 g/mol. The smallest absolute Gasteiger partial charge is 0.294 e. The second-order valence-electron chi connectivity index (χ2n) is 6.38. The van der Waals surface area contributed by atoms with E-state index in [2.05, 4.69) is 35.8 Å². The standard InChI is InChI=1S/C20H17FN8O3/c1-2-31-15-8-6-13(7-9-15)17-16(24-28-29(17)19-18(22)26-32-27-19)20(30)25-23-11-12-4-3-5-14(21)10-12/h3-11H,2H2,1H3,(H2,22,26)(H,25,30)/b23-11+. The van der Waals surface area contributed by atoms with E-state index >= 15 is 0 Å². The number of hydrogen-bond donors (Lipinski definition) is 2. The fourth-order valence-electron chi connectivity index (χ4n) is 2.86. The SMILES string of the molecule is CCOc1ccc(-c2c(C(=O)N/N=C/c3cccc(F)c3)nnn2-c2nonc2N)cc1. The quantitative estimate of drug-likeness (QED) is 0.331. The number of amides is 1. The van der Waals surface area contributed by atoms with E-state index in [1.165, 1.54) is 29.1 Å². The van der Waals surface area contributed by atoms with Crippen molar-refractivity contribution in [3.8, 4) is 22.8 Å². The molecule has 32 heavy (non-hydrogen) atoms. The van der Waals surface area contributed by atoms with Crippen molar-refractivity contribution in [1.29, 1.82) is 0 Å². The lowest BCUT2D eigenvalue weighted by atomic mass is 10.1. The molecule has 0 aliphatic carbocycles. The van der Waals surface area contributed by atoms with Crippen LogP contribution in [0.1, 0.15) is 23.0 Å². The van der Waals surface area contributed by atoms with E-state index in [1.807, 2.05) is 6.92 Å². The maximum atomic E-state index is 13.3. The molecule has 0 saturated carbocycles. The van der Waals surface area contributed by atoms with Crippen molar-refractivity contribution in [2.45, 2.75) is 6.92 Å². The Labute approximate surface area is 180 Å². The number of halogens is 1. The van der Waals surface area contributed by atoms with Crippen LogP contribution in [0, 0.1) is 5.82 Å². The topological polar surface area (TPSA) is 146 Å². The molecule has 0 aliphatic rings. The molecule has 0 unspecified atom stereocenters. The van der Waals surface area contributed by atoms with Crippen molar-refractivity contribution < 1.29 is 18.6 Å². The predicted molar refractivity (Wildman–Crippen MR) is 112 cm³/mol. The van der Waals surface area contributed by atoms with Crippen LogP contribution in [-0.4, -0.2) is 44.0 Å². The third kappa shape index (κ3) is 4.28. The Hall–Kier alpha value is -4.61. The average molecular weight is 436 g/mol. The lowest BCUT2D eigenvalue weighted by Gasteiger charge is -2.07. The molecule has 0 saturated heterocycles. The first-order chi connectivity index (χ1) is 15.6. The van der Waals surface area contributed by atoms with Gasteiger partial charge in [0.05, 0.1) is 12.8 Å². The van der Waals surface area contributed by atoms with Gasteiger partial charge in [0.15, 0.2) is 5.69 Å². The molecule has 0 radical (unpaired) electrons. The zero-order chi connectivity index (χ0) is 22.5. The van der Waals surface area contributed by atoms with Gasteiger partial charge in [0.25, 0.3) is 5.91 Å². The van der Waals surface area contributed by atoms with Gasteiger partial charge in [-0.3, -0.25) is 4.79 Å². The molecule has 2 aromatic carbocycles. The summed E-state index contributed by atoms with van der Waals surface area (Å²) < 4.78 is 24.6. The van der Waals surface area contributed by atoms with Gasteiger partial charge >= 0.3 is 0 Å². The Morgan fingerprint density at radius 1 is 1.28 bits per heavy atom. The first kappa shape index (κ1) is 20.7. The normalized spacial score (nSPS) is 11.1. The Morgan fingerprint density at radius 3 is 2.78 bits per heavy atom. The van der Waals surface area contributed by atoms with Crippen LogP contribution >= 0.6 is 0 Å². The number of benzene rings is 2. The van der Waals surface area contributed by atoms with Crippen molar-refractivity contribution in [3.63, 3.8) is 0 Å². The van der Waals surface area contributed by atoms with Gasteiger partial charge in [-0.15, -0.1) is 5.10 Å². The minimum absolute atomic E-state index is 0.0295. The van der Waals surface area contributed by atoms with E-state index in [0.29, 0.717) is 23.5 Å². The third-order valence-corrected chi connectivity index (χ3v) is 4.25. The summed E-state index contributed by atoms with van der Waals surface area (Å²) in [4.78, 5) is 12.8. The van der Waals surface area contributed by atoms with Gasteiger partial charge in [-0.1, -0.05) is 17.3 Å². The number of hydrogen-bond acceptors (Lipinski definition) is 9.